The Morgan fingerprint density at radius 2 is 1.75 bits per heavy atom. The van der Waals surface area contributed by atoms with Crippen molar-refractivity contribution in [2.45, 2.75) is 32.2 Å². The van der Waals surface area contributed by atoms with Gasteiger partial charge in [0.1, 0.15) is 0 Å². The third-order valence-electron chi connectivity index (χ3n) is 3.41. The highest BCUT2D eigenvalue weighted by Crippen LogP contribution is 2.13. The average molecular weight is 332 g/mol. The van der Waals surface area contributed by atoms with Crippen LogP contribution in [-0.4, -0.2) is 12.6 Å². The van der Waals surface area contributed by atoms with Crippen LogP contribution in [0.4, 0.5) is 0 Å². The van der Waals surface area contributed by atoms with Gasteiger partial charge in [-0.2, -0.15) is 0 Å². The number of nitrogens with one attached hydrogen (secondary N) is 1. The SMILES string of the molecule is C[C@H](Cc1cccc(Br)c1)NCCCc1ccccc1. The Balaban J connectivity index is 1.66. The van der Waals surface area contributed by atoms with Gasteiger partial charge in [0.25, 0.3) is 0 Å². The molecule has 0 aliphatic heterocycles. The van der Waals surface area contributed by atoms with Crippen LogP contribution in [0.25, 0.3) is 0 Å². The maximum absolute atomic E-state index is 3.61. The van der Waals surface area contributed by atoms with E-state index in [1.807, 2.05) is 0 Å². The molecule has 0 aliphatic rings. The molecule has 0 saturated heterocycles. The molecular weight excluding hydrogens is 310 g/mol. The van der Waals surface area contributed by atoms with E-state index in [2.05, 4.69) is 82.8 Å². The molecule has 2 aromatic carbocycles. The summed E-state index contributed by atoms with van der Waals surface area (Å²) in [6.07, 6.45) is 3.41. The van der Waals surface area contributed by atoms with Gasteiger partial charge in [-0.05, 0) is 56.0 Å². The van der Waals surface area contributed by atoms with Gasteiger partial charge in [-0.25, -0.2) is 0 Å². The molecule has 0 radical (unpaired) electrons. The van der Waals surface area contributed by atoms with Crippen molar-refractivity contribution in [3.05, 3.63) is 70.2 Å². The molecule has 1 atom stereocenters. The van der Waals surface area contributed by atoms with Crippen molar-refractivity contribution in [1.82, 2.24) is 5.32 Å². The number of benzene rings is 2. The number of hydrogen-bond acceptors (Lipinski definition) is 1. The molecule has 0 unspecified atom stereocenters. The standard InChI is InChI=1S/C18H22BrN/c1-15(13-17-9-5-11-18(19)14-17)20-12-6-10-16-7-3-2-4-8-16/h2-5,7-9,11,14-15,20H,6,10,12-13H2,1H3/t15-/m1/s1. The first-order valence-electron chi connectivity index (χ1n) is 7.26. The van der Waals surface area contributed by atoms with Crippen LogP contribution in [0, 0.1) is 0 Å². The molecule has 0 fully saturated rings. The normalized spacial score (nSPS) is 12.3. The molecular formula is C18H22BrN. The van der Waals surface area contributed by atoms with Crippen molar-refractivity contribution >= 4 is 15.9 Å². The van der Waals surface area contributed by atoms with Gasteiger partial charge in [-0.15, -0.1) is 0 Å². The summed E-state index contributed by atoms with van der Waals surface area (Å²) in [6.45, 7) is 3.33. The number of aryl methyl sites for hydroxylation is 1. The van der Waals surface area contributed by atoms with Crippen molar-refractivity contribution in [2.24, 2.45) is 0 Å². The van der Waals surface area contributed by atoms with Crippen LogP contribution in [0.3, 0.4) is 0 Å². The van der Waals surface area contributed by atoms with Gasteiger partial charge in [0.2, 0.25) is 0 Å². The van der Waals surface area contributed by atoms with E-state index in [0.29, 0.717) is 6.04 Å². The fraction of sp³-hybridized carbons (Fsp3) is 0.333. The van der Waals surface area contributed by atoms with Gasteiger partial charge < -0.3 is 5.32 Å². The maximum Gasteiger partial charge on any atom is 0.0178 e. The summed E-state index contributed by atoms with van der Waals surface area (Å²) in [5.41, 5.74) is 2.80. The summed E-state index contributed by atoms with van der Waals surface area (Å²) in [6, 6.07) is 19.8. The Labute approximate surface area is 130 Å². The van der Waals surface area contributed by atoms with Gasteiger partial charge in [-0.3, -0.25) is 0 Å². The summed E-state index contributed by atoms with van der Waals surface area (Å²) in [4.78, 5) is 0. The smallest absolute Gasteiger partial charge is 0.0178 e. The van der Waals surface area contributed by atoms with Crippen LogP contribution in [0.2, 0.25) is 0 Å². The number of rotatable bonds is 7. The van der Waals surface area contributed by atoms with Crippen LogP contribution in [0.1, 0.15) is 24.5 Å². The van der Waals surface area contributed by atoms with Crippen molar-refractivity contribution < 1.29 is 0 Å². The lowest BCUT2D eigenvalue weighted by atomic mass is 10.1. The molecule has 0 aliphatic carbocycles. The molecule has 1 N–H and O–H groups in total. The van der Waals surface area contributed by atoms with Gasteiger partial charge in [0, 0.05) is 10.5 Å². The Hall–Kier alpha value is -1.12. The fourth-order valence-corrected chi connectivity index (χ4v) is 2.82. The van der Waals surface area contributed by atoms with E-state index in [4.69, 9.17) is 0 Å². The summed E-state index contributed by atoms with van der Waals surface area (Å²) < 4.78 is 1.16. The molecule has 2 aromatic rings. The summed E-state index contributed by atoms with van der Waals surface area (Å²) in [7, 11) is 0. The lowest BCUT2D eigenvalue weighted by molar-refractivity contribution is 0.534. The average Bonchev–Trinajstić information content (AvgIpc) is 2.45. The third kappa shape index (κ3) is 5.48. The maximum atomic E-state index is 3.61. The molecule has 0 saturated carbocycles. The first-order valence-corrected chi connectivity index (χ1v) is 8.05. The van der Waals surface area contributed by atoms with Crippen molar-refractivity contribution in [1.29, 1.82) is 0 Å². The Morgan fingerprint density at radius 3 is 2.50 bits per heavy atom. The minimum atomic E-state index is 0.514. The summed E-state index contributed by atoms with van der Waals surface area (Å²) >= 11 is 3.52. The lowest BCUT2D eigenvalue weighted by Gasteiger charge is -2.14. The highest BCUT2D eigenvalue weighted by Gasteiger charge is 2.03. The molecule has 0 spiro atoms. The van der Waals surface area contributed by atoms with E-state index >= 15 is 0 Å². The van der Waals surface area contributed by atoms with Gasteiger partial charge in [0.05, 0.1) is 0 Å². The van der Waals surface area contributed by atoms with E-state index in [-0.39, 0.29) is 0 Å². The molecule has 1 nitrogen and oxygen atoms in total. The Morgan fingerprint density at radius 1 is 1.00 bits per heavy atom. The Kier molecular flexibility index (Phi) is 6.28. The summed E-state index contributed by atoms with van der Waals surface area (Å²) in [5, 5.41) is 3.61. The van der Waals surface area contributed by atoms with Crippen molar-refractivity contribution in [2.75, 3.05) is 6.54 Å². The molecule has 0 aromatic heterocycles. The number of hydrogen-bond donors (Lipinski definition) is 1. The molecule has 2 heteroatoms. The predicted molar refractivity (Wildman–Crippen MR) is 90.1 cm³/mol. The molecule has 0 heterocycles. The second-order valence-corrected chi connectivity index (χ2v) is 6.19. The Bertz CT molecular complexity index is 510. The molecule has 106 valence electrons. The third-order valence-corrected chi connectivity index (χ3v) is 3.90. The van der Waals surface area contributed by atoms with Crippen LogP contribution in [0.5, 0.6) is 0 Å². The van der Waals surface area contributed by atoms with E-state index in [1.54, 1.807) is 0 Å². The fourth-order valence-electron chi connectivity index (χ4n) is 2.38. The molecule has 20 heavy (non-hydrogen) atoms. The highest BCUT2D eigenvalue weighted by atomic mass is 79.9. The first kappa shape index (κ1) is 15.3. The molecule has 0 amide bonds. The zero-order valence-electron chi connectivity index (χ0n) is 12.0. The van der Waals surface area contributed by atoms with Crippen LogP contribution in [0.15, 0.2) is 59.1 Å². The minimum Gasteiger partial charge on any atom is -0.314 e. The van der Waals surface area contributed by atoms with E-state index < -0.39 is 0 Å². The topological polar surface area (TPSA) is 12.0 Å². The molecule has 0 bridgehead atoms. The minimum absolute atomic E-state index is 0.514. The van der Waals surface area contributed by atoms with Gasteiger partial charge >= 0.3 is 0 Å². The van der Waals surface area contributed by atoms with E-state index in [1.165, 1.54) is 17.5 Å². The van der Waals surface area contributed by atoms with Gasteiger partial charge in [0.15, 0.2) is 0 Å². The van der Waals surface area contributed by atoms with Crippen molar-refractivity contribution in [3.8, 4) is 0 Å². The lowest BCUT2D eigenvalue weighted by Crippen LogP contribution is -2.29. The number of halogens is 1. The monoisotopic (exact) mass is 331 g/mol. The van der Waals surface area contributed by atoms with Crippen LogP contribution >= 0.6 is 15.9 Å². The molecule has 2 rings (SSSR count). The zero-order valence-corrected chi connectivity index (χ0v) is 13.6. The van der Waals surface area contributed by atoms with Gasteiger partial charge in [-0.1, -0.05) is 58.4 Å². The first-order chi connectivity index (χ1) is 9.74. The quantitative estimate of drug-likeness (QED) is 0.731. The largest absolute Gasteiger partial charge is 0.314 e. The van der Waals surface area contributed by atoms with Crippen LogP contribution in [-0.2, 0) is 12.8 Å². The van der Waals surface area contributed by atoms with Crippen molar-refractivity contribution in [3.63, 3.8) is 0 Å². The highest BCUT2D eigenvalue weighted by molar-refractivity contribution is 9.10. The van der Waals surface area contributed by atoms with Crippen LogP contribution < -0.4 is 5.32 Å². The second kappa shape index (κ2) is 8.23. The second-order valence-electron chi connectivity index (χ2n) is 5.28. The van der Waals surface area contributed by atoms with E-state index in [0.717, 1.165) is 23.9 Å². The zero-order chi connectivity index (χ0) is 14.2. The predicted octanol–water partition coefficient (Wildman–Crippen LogP) is 4.60. The van der Waals surface area contributed by atoms with E-state index in [9.17, 15) is 0 Å². The summed E-state index contributed by atoms with van der Waals surface area (Å²) in [5.74, 6) is 0.